The summed E-state index contributed by atoms with van der Waals surface area (Å²) < 4.78 is 27.0. The highest BCUT2D eigenvalue weighted by Gasteiger charge is 2.33. The van der Waals surface area contributed by atoms with Crippen LogP contribution in [0.3, 0.4) is 0 Å². The molecule has 0 radical (unpaired) electrons. The molecule has 0 aromatic heterocycles. The molecule has 0 bridgehead atoms. The molecule has 0 saturated carbocycles. The van der Waals surface area contributed by atoms with E-state index in [1.54, 1.807) is 18.2 Å². The smallest absolute Gasteiger partial charge is 0.263 e. The molecule has 0 spiro atoms. The first-order valence-electron chi connectivity index (χ1n) is 8.89. The molecule has 0 saturated heterocycles. The van der Waals surface area contributed by atoms with Gasteiger partial charge in [0.1, 0.15) is 11.9 Å². The van der Waals surface area contributed by atoms with E-state index in [1.165, 1.54) is 6.07 Å². The molecular formula is C20H23N3O3S. The Balaban J connectivity index is 1.93. The lowest BCUT2D eigenvalue weighted by molar-refractivity contribution is -0.118. The van der Waals surface area contributed by atoms with Crippen molar-refractivity contribution in [2.45, 2.75) is 38.1 Å². The molecule has 142 valence electrons. The summed E-state index contributed by atoms with van der Waals surface area (Å²) in [5.74, 6) is -0.0977. The van der Waals surface area contributed by atoms with Gasteiger partial charge in [-0.25, -0.2) is 8.42 Å². The second kappa shape index (κ2) is 7.52. The molecule has 0 aliphatic carbocycles. The molecule has 1 heterocycles. The molecule has 0 fully saturated rings. The summed E-state index contributed by atoms with van der Waals surface area (Å²) >= 11 is 0. The van der Waals surface area contributed by atoms with Crippen LogP contribution in [0.2, 0.25) is 0 Å². The number of rotatable bonds is 5. The van der Waals surface area contributed by atoms with Crippen molar-refractivity contribution >= 4 is 27.5 Å². The van der Waals surface area contributed by atoms with Crippen LogP contribution < -0.4 is 10.0 Å². The molecule has 7 heteroatoms. The van der Waals surface area contributed by atoms with E-state index in [1.807, 2.05) is 45.0 Å². The maximum Gasteiger partial charge on any atom is 0.263 e. The maximum atomic E-state index is 12.9. The van der Waals surface area contributed by atoms with Crippen molar-refractivity contribution in [2.24, 2.45) is 10.9 Å². The number of amidine groups is 1. The zero-order valence-electron chi connectivity index (χ0n) is 15.6. The lowest BCUT2D eigenvalue weighted by Crippen LogP contribution is -2.34. The van der Waals surface area contributed by atoms with Gasteiger partial charge in [0, 0.05) is 11.3 Å². The zero-order chi connectivity index (χ0) is 19.6. The first kappa shape index (κ1) is 19.1. The van der Waals surface area contributed by atoms with Gasteiger partial charge >= 0.3 is 0 Å². The van der Waals surface area contributed by atoms with Crippen molar-refractivity contribution < 1.29 is 13.2 Å². The highest BCUT2D eigenvalue weighted by molar-refractivity contribution is 7.90. The van der Waals surface area contributed by atoms with Crippen LogP contribution in [0.25, 0.3) is 0 Å². The van der Waals surface area contributed by atoms with E-state index in [0.717, 1.165) is 12.0 Å². The molecule has 0 unspecified atom stereocenters. The summed E-state index contributed by atoms with van der Waals surface area (Å²) in [6, 6.07) is 13.4. The molecule has 2 atom stereocenters. The van der Waals surface area contributed by atoms with E-state index in [2.05, 4.69) is 15.0 Å². The van der Waals surface area contributed by atoms with E-state index in [4.69, 9.17) is 0 Å². The minimum atomic E-state index is -3.63. The fraction of sp³-hybridized carbons (Fsp3) is 0.300. The predicted octanol–water partition coefficient (Wildman–Crippen LogP) is 3.09. The molecule has 27 heavy (non-hydrogen) atoms. The van der Waals surface area contributed by atoms with Crippen LogP contribution in [0.15, 0.2) is 58.4 Å². The summed E-state index contributed by atoms with van der Waals surface area (Å²) in [6.07, 6.45) is 0.733. The van der Waals surface area contributed by atoms with Crippen molar-refractivity contribution in [3.63, 3.8) is 0 Å². The van der Waals surface area contributed by atoms with Crippen LogP contribution in [0.1, 0.15) is 31.4 Å². The second-order valence-corrected chi connectivity index (χ2v) is 8.42. The number of hydrogen-bond donors (Lipinski definition) is 2. The van der Waals surface area contributed by atoms with Gasteiger partial charge in [0.05, 0.1) is 4.90 Å². The van der Waals surface area contributed by atoms with Gasteiger partial charge in [0.15, 0.2) is 0 Å². The van der Waals surface area contributed by atoms with Crippen LogP contribution >= 0.6 is 0 Å². The number of carbonyl (C=O) groups excluding carboxylic acids is 1. The molecule has 1 aliphatic heterocycles. The number of aliphatic imine (C=N–C) groups is 1. The molecular weight excluding hydrogens is 362 g/mol. The normalized spacial score (nSPS) is 18.4. The van der Waals surface area contributed by atoms with E-state index < -0.39 is 16.1 Å². The quantitative estimate of drug-likeness (QED) is 0.829. The molecule has 3 rings (SSSR count). The fourth-order valence-electron chi connectivity index (χ4n) is 2.89. The Kier molecular flexibility index (Phi) is 5.32. The monoisotopic (exact) mass is 385 g/mol. The number of carbonyl (C=O) groups is 1. The van der Waals surface area contributed by atoms with Gasteiger partial charge in [-0.15, -0.1) is 0 Å². The topological polar surface area (TPSA) is 87.6 Å². The molecule has 2 aromatic rings. The van der Waals surface area contributed by atoms with Crippen molar-refractivity contribution in [1.29, 1.82) is 0 Å². The Morgan fingerprint density at radius 2 is 1.81 bits per heavy atom. The van der Waals surface area contributed by atoms with Crippen LogP contribution in [0, 0.1) is 12.8 Å². The van der Waals surface area contributed by atoms with Gasteiger partial charge in [0.25, 0.3) is 10.0 Å². The third kappa shape index (κ3) is 4.03. The second-order valence-electron chi connectivity index (χ2n) is 6.77. The number of amides is 1. The standard InChI is InChI=1S/C20H23N3O3S/c1-4-14(3)18(20(24)21-15-11-9-13(2)10-12-15)22-19-16-7-5-6-8-17(16)27(25,26)23-19/h5-12,14,18H,4H2,1-3H3,(H,21,24)(H,22,23)/t14-,18-/m0/s1. The highest BCUT2D eigenvalue weighted by Crippen LogP contribution is 2.24. The third-order valence-electron chi connectivity index (χ3n) is 4.70. The van der Waals surface area contributed by atoms with E-state index in [0.29, 0.717) is 11.3 Å². The molecule has 2 N–H and O–H groups in total. The first-order valence-corrected chi connectivity index (χ1v) is 10.4. The zero-order valence-corrected chi connectivity index (χ0v) is 16.4. The number of nitrogens with zero attached hydrogens (tertiary/aromatic N) is 1. The summed E-state index contributed by atoms with van der Waals surface area (Å²) in [5, 5.41) is 2.88. The summed E-state index contributed by atoms with van der Waals surface area (Å²) in [5.41, 5.74) is 2.28. The Bertz CT molecular complexity index is 982. The van der Waals surface area contributed by atoms with Crippen LogP contribution in [-0.2, 0) is 14.8 Å². The average molecular weight is 385 g/mol. The molecule has 2 aromatic carbocycles. The molecule has 6 nitrogen and oxygen atoms in total. The Morgan fingerprint density at radius 3 is 2.48 bits per heavy atom. The highest BCUT2D eigenvalue weighted by atomic mass is 32.2. The largest absolute Gasteiger partial charge is 0.324 e. The number of nitrogens with one attached hydrogen (secondary N) is 2. The number of fused-ring (bicyclic) bond motifs is 1. The minimum absolute atomic E-state index is 0.0554. The maximum absolute atomic E-state index is 12.9. The van der Waals surface area contributed by atoms with Crippen molar-refractivity contribution in [1.82, 2.24) is 4.72 Å². The van der Waals surface area contributed by atoms with Crippen LogP contribution in [-0.4, -0.2) is 26.2 Å². The van der Waals surface area contributed by atoms with Crippen molar-refractivity contribution in [3.05, 3.63) is 59.7 Å². The Labute approximate surface area is 159 Å². The average Bonchev–Trinajstić information content (AvgIpc) is 2.91. The van der Waals surface area contributed by atoms with E-state index in [-0.39, 0.29) is 22.6 Å². The summed E-state index contributed by atoms with van der Waals surface area (Å²) in [6.45, 7) is 5.88. The lowest BCUT2D eigenvalue weighted by atomic mass is 9.98. The molecule has 1 aliphatic rings. The lowest BCUT2D eigenvalue weighted by Gasteiger charge is -2.19. The van der Waals surface area contributed by atoms with Gasteiger partial charge in [-0.05, 0) is 37.1 Å². The Hall–Kier alpha value is -2.67. The summed E-state index contributed by atoms with van der Waals surface area (Å²) in [7, 11) is -3.63. The number of hydrogen-bond acceptors (Lipinski definition) is 4. The van der Waals surface area contributed by atoms with Gasteiger partial charge in [-0.1, -0.05) is 50.1 Å². The summed E-state index contributed by atoms with van der Waals surface area (Å²) in [4.78, 5) is 17.6. The van der Waals surface area contributed by atoms with Gasteiger partial charge in [-0.3, -0.25) is 14.5 Å². The number of benzene rings is 2. The van der Waals surface area contributed by atoms with Gasteiger partial charge < -0.3 is 5.32 Å². The number of anilines is 1. The Morgan fingerprint density at radius 1 is 1.15 bits per heavy atom. The fourth-order valence-corrected chi connectivity index (χ4v) is 4.13. The SMILES string of the molecule is CC[C@H](C)[C@H](N=C1NS(=O)(=O)c2ccccc21)C(=O)Nc1ccc(C)cc1. The van der Waals surface area contributed by atoms with Crippen LogP contribution in [0.4, 0.5) is 5.69 Å². The predicted molar refractivity (Wildman–Crippen MR) is 106 cm³/mol. The van der Waals surface area contributed by atoms with Gasteiger partial charge in [-0.2, -0.15) is 0 Å². The number of sulfonamides is 1. The third-order valence-corrected chi connectivity index (χ3v) is 6.10. The minimum Gasteiger partial charge on any atom is -0.324 e. The van der Waals surface area contributed by atoms with E-state index >= 15 is 0 Å². The van der Waals surface area contributed by atoms with E-state index in [9.17, 15) is 13.2 Å². The van der Waals surface area contributed by atoms with Gasteiger partial charge in [0.2, 0.25) is 5.91 Å². The van der Waals surface area contributed by atoms with Crippen LogP contribution in [0.5, 0.6) is 0 Å². The number of aryl methyl sites for hydroxylation is 1. The van der Waals surface area contributed by atoms with Crippen molar-refractivity contribution in [2.75, 3.05) is 5.32 Å². The van der Waals surface area contributed by atoms with Crippen molar-refractivity contribution in [3.8, 4) is 0 Å². The molecule has 1 amide bonds. The first-order chi connectivity index (χ1) is 12.8.